The second-order valence-electron chi connectivity index (χ2n) is 6.95. The zero-order valence-corrected chi connectivity index (χ0v) is 17.5. The molecule has 0 saturated heterocycles. The van der Waals surface area contributed by atoms with Crippen molar-refractivity contribution < 1.29 is 14.3 Å². The van der Waals surface area contributed by atoms with Crippen LogP contribution in [0.25, 0.3) is 27.8 Å². The summed E-state index contributed by atoms with van der Waals surface area (Å²) in [6.07, 6.45) is 3.23. The van der Waals surface area contributed by atoms with E-state index >= 15 is 0 Å². The number of hydrogen-bond donors (Lipinski definition) is 2. The number of carboxylic acid groups (broad SMARTS) is 1. The standard InChI is InChI=1S/C23H14BrFN4O2/c24-16-2-7-19-14(10-16)9-15(11-26-19)21-22(27-18-5-3-17(25)4-6-18)29-12-13(23(30)31)1-8-20(29)28-21/h1-12,27H,(H,30,31). The number of halogens is 2. The molecular weight excluding hydrogens is 463 g/mol. The predicted molar refractivity (Wildman–Crippen MR) is 120 cm³/mol. The minimum Gasteiger partial charge on any atom is -0.478 e. The van der Waals surface area contributed by atoms with Gasteiger partial charge in [-0.25, -0.2) is 14.2 Å². The average molecular weight is 477 g/mol. The van der Waals surface area contributed by atoms with Crippen LogP contribution >= 0.6 is 15.9 Å². The highest BCUT2D eigenvalue weighted by molar-refractivity contribution is 9.10. The lowest BCUT2D eigenvalue weighted by atomic mass is 10.1. The molecule has 3 heterocycles. The highest BCUT2D eigenvalue weighted by atomic mass is 79.9. The molecule has 2 N–H and O–H groups in total. The number of fused-ring (bicyclic) bond motifs is 2. The molecule has 0 unspecified atom stereocenters. The van der Waals surface area contributed by atoms with Crippen molar-refractivity contribution in [3.8, 4) is 11.3 Å². The molecule has 0 radical (unpaired) electrons. The molecule has 0 amide bonds. The van der Waals surface area contributed by atoms with Gasteiger partial charge in [-0.05, 0) is 60.7 Å². The lowest BCUT2D eigenvalue weighted by Crippen LogP contribution is -2.01. The highest BCUT2D eigenvalue weighted by Crippen LogP contribution is 2.33. The lowest BCUT2D eigenvalue weighted by molar-refractivity contribution is 0.0696. The number of hydrogen-bond acceptors (Lipinski definition) is 4. The SMILES string of the molecule is O=C(O)c1ccc2nc(-c3cnc4ccc(Br)cc4c3)c(Nc3ccc(F)cc3)n2c1. The smallest absolute Gasteiger partial charge is 0.337 e. The van der Waals surface area contributed by atoms with Gasteiger partial charge in [0, 0.05) is 33.5 Å². The van der Waals surface area contributed by atoms with Crippen molar-refractivity contribution in [1.82, 2.24) is 14.4 Å². The maximum Gasteiger partial charge on any atom is 0.337 e. The normalized spacial score (nSPS) is 11.2. The number of rotatable bonds is 4. The molecule has 0 fully saturated rings. The van der Waals surface area contributed by atoms with Gasteiger partial charge in [-0.15, -0.1) is 0 Å². The quantitative estimate of drug-likeness (QED) is 0.337. The molecule has 3 aromatic heterocycles. The minimum absolute atomic E-state index is 0.124. The number of carboxylic acids is 1. The number of aromatic carboxylic acids is 1. The van der Waals surface area contributed by atoms with E-state index in [4.69, 9.17) is 4.98 Å². The van der Waals surface area contributed by atoms with Crippen molar-refractivity contribution in [2.24, 2.45) is 0 Å². The minimum atomic E-state index is -1.04. The Morgan fingerprint density at radius 3 is 2.65 bits per heavy atom. The molecule has 0 bridgehead atoms. The Morgan fingerprint density at radius 1 is 1.06 bits per heavy atom. The number of nitrogens with one attached hydrogen (secondary N) is 1. The number of aromatic nitrogens is 3. The van der Waals surface area contributed by atoms with Crippen LogP contribution in [-0.2, 0) is 0 Å². The first-order chi connectivity index (χ1) is 15.0. The van der Waals surface area contributed by atoms with Gasteiger partial charge in [0.05, 0.1) is 11.1 Å². The van der Waals surface area contributed by atoms with Crippen molar-refractivity contribution in [2.75, 3.05) is 5.32 Å². The zero-order chi connectivity index (χ0) is 21.5. The monoisotopic (exact) mass is 476 g/mol. The molecule has 0 aliphatic rings. The molecular formula is C23H14BrFN4O2. The summed E-state index contributed by atoms with van der Waals surface area (Å²) < 4.78 is 16.0. The van der Waals surface area contributed by atoms with E-state index in [0.717, 1.165) is 20.9 Å². The van der Waals surface area contributed by atoms with E-state index in [1.807, 2.05) is 24.3 Å². The molecule has 0 aliphatic carbocycles. The molecule has 31 heavy (non-hydrogen) atoms. The third-order valence-corrected chi connectivity index (χ3v) is 5.38. The van der Waals surface area contributed by atoms with E-state index in [0.29, 0.717) is 22.8 Å². The first kappa shape index (κ1) is 19.2. The summed E-state index contributed by atoms with van der Waals surface area (Å²) in [7, 11) is 0. The van der Waals surface area contributed by atoms with Crippen LogP contribution in [0, 0.1) is 5.82 Å². The topological polar surface area (TPSA) is 79.5 Å². The van der Waals surface area contributed by atoms with Gasteiger partial charge in [0.2, 0.25) is 0 Å². The molecule has 2 aromatic carbocycles. The Labute approximate surface area is 184 Å². The van der Waals surface area contributed by atoms with Crippen molar-refractivity contribution in [3.63, 3.8) is 0 Å². The average Bonchev–Trinajstić information content (AvgIpc) is 3.12. The van der Waals surface area contributed by atoms with Crippen LogP contribution in [0.1, 0.15) is 10.4 Å². The van der Waals surface area contributed by atoms with E-state index in [1.54, 1.807) is 28.8 Å². The molecule has 6 nitrogen and oxygen atoms in total. The van der Waals surface area contributed by atoms with Crippen molar-refractivity contribution in [3.05, 3.63) is 88.9 Å². The summed E-state index contributed by atoms with van der Waals surface area (Å²) in [6.45, 7) is 0. The lowest BCUT2D eigenvalue weighted by Gasteiger charge is -2.10. The summed E-state index contributed by atoms with van der Waals surface area (Å²) in [5.74, 6) is -0.829. The van der Waals surface area contributed by atoms with Crippen molar-refractivity contribution in [1.29, 1.82) is 0 Å². The Kier molecular flexibility index (Phi) is 4.63. The molecule has 0 atom stereocenters. The fourth-order valence-electron chi connectivity index (χ4n) is 3.39. The zero-order valence-electron chi connectivity index (χ0n) is 15.9. The number of nitrogens with zero attached hydrogens (tertiary/aromatic N) is 3. The van der Waals surface area contributed by atoms with Gasteiger partial charge in [0.15, 0.2) is 0 Å². The van der Waals surface area contributed by atoms with E-state index in [1.165, 1.54) is 24.4 Å². The third kappa shape index (κ3) is 3.62. The Hall–Kier alpha value is -3.78. The maximum atomic E-state index is 13.4. The summed E-state index contributed by atoms with van der Waals surface area (Å²) >= 11 is 3.48. The number of imidazole rings is 1. The number of anilines is 2. The Morgan fingerprint density at radius 2 is 1.87 bits per heavy atom. The van der Waals surface area contributed by atoms with E-state index < -0.39 is 5.97 Å². The molecule has 152 valence electrons. The summed E-state index contributed by atoms with van der Waals surface area (Å²) in [4.78, 5) is 20.7. The number of carbonyl (C=O) groups is 1. The van der Waals surface area contributed by atoms with Crippen LogP contribution in [0.5, 0.6) is 0 Å². The maximum absolute atomic E-state index is 13.4. The van der Waals surface area contributed by atoms with Crippen LogP contribution < -0.4 is 5.32 Å². The number of benzene rings is 2. The van der Waals surface area contributed by atoms with Gasteiger partial charge >= 0.3 is 5.97 Å². The van der Waals surface area contributed by atoms with Crippen molar-refractivity contribution >= 4 is 50.0 Å². The van der Waals surface area contributed by atoms with Crippen molar-refractivity contribution in [2.45, 2.75) is 0 Å². The van der Waals surface area contributed by atoms with Crippen LogP contribution in [0.3, 0.4) is 0 Å². The molecule has 0 spiro atoms. The molecule has 0 saturated carbocycles. The van der Waals surface area contributed by atoms with Gasteiger partial charge in [0.25, 0.3) is 0 Å². The van der Waals surface area contributed by atoms with Gasteiger partial charge in [-0.1, -0.05) is 15.9 Å². The van der Waals surface area contributed by atoms with Gasteiger partial charge in [0.1, 0.15) is 23.0 Å². The molecule has 5 rings (SSSR count). The summed E-state index contributed by atoms with van der Waals surface area (Å²) in [5.41, 5.74) is 3.54. The third-order valence-electron chi connectivity index (χ3n) is 4.89. The Bertz CT molecular complexity index is 1460. The van der Waals surface area contributed by atoms with Crippen LogP contribution in [0.15, 0.2) is 77.5 Å². The predicted octanol–water partition coefficient (Wildman–Crippen LogP) is 5.89. The van der Waals surface area contributed by atoms with Gasteiger partial charge in [-0.2, -0.15) is 0 Å². The summed E-state index contributed by atoms with van der Waals surface area (Å²) in [6, 6.07) is 16.9. The van der Waals surface area contributed by atoms with Crippen LogP contribution in [0.4, 0.5) is 15.9 Å². The van der Waals surface area contributed by atoms with E-state index in [-0.39, 0.29) is 11.4 Å². The van der Waals surface area contributed by atoms with Gasteiger partial charge in [-0.3, -0.25) is 9.38 Å². The van der Waals surface area contributed by atoms with E-state index in [9.17, 15) is 14.3 Å². The fraction of sp³-hybridized carbons (Fsp3) is 0. The van der Waals surface area contributed by atoms with Crippen LogP contribution in [-0.4, -0.2) is 25.4 Å². The second-order valence-corrected chi connectivity index (χ2v) is 7.87. The Balaban J connectivity index is 1.72. The molecule has 0 aliphatic heterocycles. The second kappa shape index (κ2) is 7.48. The largest absolute Gasteiger partial charge is 0.478 e. The molecule has 5 aromatic rings. The van der Waals surface area contributed by atoms with Gasteiger partial charge < -0.3 is 10.4 Å². The first-order valence-corrected chi connectivity index (χ1v) is 10.1. The first-order valence-electron chi connectivity index (χ1n) is 9.31. The fourth-order valence-corrected chi connectivity index (χ4v) is 3.77. The van der Waals surface area contributed by atoms with E-state index in [2.05, 4.69) is 26.2 Å². The number of pyridine rings is 2. The molecule has 8 heteroatoms. The summed E-state index contributed by atoms with van der Waals surface area (Å²) in [5, 5.41) is 13.6. The van der Waals surface area contributed by atoms with Crippen LogP contribution in [0.2, 0.25) is 0 Å². The highest BCUT2D eigenvalue weighted by Gasteiger charge is 2.17.